The van der Waals surface area contributed by atoms with Crippen molar-refractivity contribution in [2.45, 2.75) is 6.04 Å². The summed E-state index contributed by atoms with van der Waals surface area (Å²) in [5.74, 6) is 0.662. The van der Waals surface area contributed by atoms with Crippen LogP contribution in [0.4, 0.5) is 4.39 Å². The van der Waals surface area contributed by atoms with Crippen molar-refractivity contribution in [2.24, 2.45) is 0 Å². The molecule has 108 valence electrons. The van der Waals surface area contributed by atoms with E-state index in [1.165, 1.54) is 6.07 Å². The topological polar surface area (TPSA) is 21.3 Å². The lowest BCUT2D eigenvalue weighted by Crippen LogP contribution is -2.17. The SMILES string of the molecule is CNC(c1cc(OC)cs1)c1ccc(F)c2ccccc12. The molecule has 0 fully saturated rings. The summed E-state index contributed by atoms with van der Waals surface area (Å²) in [7, 11) is 3.57. The Morgan fingerprint density at radius 2 is 1.90 bits per heavy atom. The van der Waals surface area contributed by atoms with E-state index in [4.69, 9.17) is 4.74 Å². The number of fused-ring (bicyclic) bond motifs is 1. The minimum absolute atomic E-state index is 0.0180. The fourth-order valence-electron chi connectivity index (χ4n) is 2.58. The van der Waals surface area contributed by atoms with Gasteiger partial charge in [0.1, 0.15) is 11.6 Å². The average molecular weight is 301 g/mol. The Bertz CT molecular complexity index is 768. The van der Waals surface area contributed by atoms with Crippen molar-refractivity contribution in [1.29, 1.82) is 0 Å². The molecule has 0 aliphatic heterocycles. The molecule has 4 heteroatoms. The molecule has 0 spiro atoms. The molecule has 3 rings (SSSR count). The van der Waals surface area contributed by atoms with Crippen molar-refractivity contribution >= 4 is 22.1 Å². The first-order valence-electron chi connectivity index (χ1n) is 6.71. The highest BCUT2D eigenvalue weighted by Crippen LogP contribution is 2.34. The molecule has 1 heterocycles. The third-order valence-corrected chi connectivity index (χ3v) is 4.60. The third-order valence-electron chi connectivity index (χ3n) is 3.62. The summed E-state index contributed by atoms with van der Waals surface area (Å²) in [6.45, 7) is 0. The van der Waals surface area contributed by atoms with Gasteiger partial charge in [-0.15, -0.1) is 11.3 Å². The molecule has 2 nitrogen and oxygen atoms in total. The maximum absolute atomic E-state index is 14.0. The highest BCUT2D eigenvalue weighted by atomic mass is 32.1. The fourth-order valence-corrected chi connectivity index (χ4v) is 3.56. The highest BCUT2D eigenvalue weighted by molar-refractivity contribution is 7.10. The van der Waals surface area contributed by atoms with Gasteiger partial charge in [-0.25, -0.2) is 4.39 Å². The van der Waals surface area contributed by atoms with Crippen LogP contribution in [-0.4, -0.2) is 14.2 Å². The second kappa shape index (κ2) is 5.84. The van der Waals surface area contributed by atoms with Gasteiger partial charge < -0.3 is 10.1 Å². The first-order valence-corrected chi connectivity index (χ1v) is 7.59. The van der Waals surface area contributed by atoms with E-state index in [9.17, 15) is 4.39 Å². The zero-order valence-corrected chi connectivity index (χ0v) is 12.7. The van der Waals surface area contributed by atoms with Gasteiger partial charge in [0, 0.05) is 15.6 Å². The van der Waals surface area contributed by atoms with Gasteiger partial charge in [0.25, 0.3) is 0 Å². The van der Waals surface area contributed by atoms with Crippen LogP contribution in [0.2, 0.25) is 0 Å². The molecular weight excluding hydrogens is 285 g/mol. The molecule has 0 saturated carbocycles. The Labute approximate surface area is 127 Å². The Balaban J connectivity index is 2.15. The average Bonchev–Trinajstić information content (AvgIpc) is 2.99. The van der Waals surface area contributed by atoms with E-state index in [2.05, 4.69) is 5.32 Å². The molecule has 1 atom stereocenters. The van der Waals surface area contributed by atoms with Crippen LogP contribution in [0.5, 0.6) is 5.75 Å². The van der Waals surface area contributed by atoms with Crippen LogP contribution in [0.1, 0.15) is 16.5 Å². The quantitative estimate of drug-likeness (QED) is 0.773. The Morgan fingerprint density at radius 1 is 1.14 bits per heavy atom. The van der Waals surface area contributed by atoms with Crippen molar-refractivity contribution < 1.29 is 9.13 Å². The molecule has 3 aromatic rings. The van der Waals surface area contributed by atoms with Crippen molar-refractivity contribution in [3.8, 4) is 5.75 Å². The van der Waals surface area contributed by atoms with Crippen molar-refractivity contribution in [3.63, 3.8) is 0 Å². The molecule has 0 bridgehead atoms. The summed E-state index contributed by atoms with van der Waals surface area (Å²) in [5.41, 5.74) is 1.07. The number of rotatable bonds is 4. The zero-order chi connectivity index (χ0) is 14.8. The molecule has 0 amide bonds. The molecule has 0 aliphatic rings. The number of hydrogen-bond acceptors (Lipinski definition) is 3. The van der Waals surface area contributed by atoms with Crippen molar-refractivity contribution in [2.75, 3.05) is 14.2 Å². The van der Waals surface area contributed by atoms with Crippen LogP contribution in [-0.2, 0) is 0 Å². The van der Waals surface area contributed by atoms with Gasteiger partial charge in [-0.1, -0.05) is 30.3 Å². The summed E-state index contributed by atoms with van der Waals surface area (Å²) < 4.78 is 19.2. The van der Waals surface area contributed by atoms with Gasteiger partial charge in [-0.3, -0.25) is 0 Å². The third kappa shape index (κ3) is 2.52. The van der Waals surface area contributed by atoms with E-state index < -0.39 is 0 Å². The Morgan fingerprint density at radius 3 is 2.57 bits per heavy atom. The van der Waals surface area contributed by atoms with Gasteiger partial charge in [-0.05, 0) is 30.1 Å². The first-order chi connectivity index (χ1) is 10.2. The molecule has 1 unspecified atom stereocenters. The molecule has 2 aromatic carbocycles. The Kier molecular flexibility index (Phi) is 3.90. The minimum atomic E-state index is -0.187. The van der Waals surface area contributed by atoms with Gasteiger partial charge in [0.2, 0.25) is 0 Å². The van der Waals surface area contributed by atoms with Crippen LogP contribution < -0.4 is 10.1 Å². The lowest BCUT2D eigenvalue weighted by molar-refractivity contribution is 0.416. The lowest BCUT2D eigenvalue weighted by atomic mass is 9.97. The smallest absolute Gasteiger partial charge is 0.131 e. The summed E-state index contributed by atoms with van der Waals surface area (Å²) in [6, 6.07) is 13.0. The standard InChI is InChI=1S/C17H16FNOS/c1-19-17(16-9-11(20-2)10-21-16)14-7-8-15(18)13-6-4-3-5-12(13)14/h3-10,17,19H,1-2H3. The number of methoxy groups -OCH3 is 1. The van der Waals surface area contributed by atoms with Crippen molar-refractivity contribution in [3.05, 3.63) is 64.1 Å². The zero-order valence-electron chi connectivity index (χ0n) is 11.9. The second-order valence-corrected chi connectivity index (χ2v) is 5.74. The predicted molar refractivity (Wildman–Crippen MR) is 85.7 cm³/mol. The number of halogens is 1. The summed E-state index contributed by atoms with van der Waals surface area (Å²) >= 11 is 1.63. The number of ether oxygens (including phenoxy) is 1. The van der Waals surface area contributed by atoms with E-state index in [0.29, 0.717) is 5.39 Å². The molecule has 0 aliphatic carbocycles. The number of benzene rings is 2. The summed E-state index contributed by atoms with van der Waals surface area (Å²) in [5, 5.41) is 6.88. The van der Waals surface area contributed by atoms with Crippen LogP contribution in [0.3, 0.4) is 0 Å². The van der Waals surface area contributed by atoms with Gasteiger partial charge in [0.05, 0.1) is 13.2 Å². The number of nitrogens with one attached hydrogen (secondary N) is 1. The summed E-state index contributed by atoms with van der Waals surface area (Å²) in [6.07, 6.45) is 0. The van der Waals surface area contributed by atoms with Gasteiger partial charge >= 0.3 is 0 Å². The van der Waals surface area contributed by atoms with Crippen LogP contribution in [0.25, 0.3) is 10.8 Å². The van der Waals surface area contributed by atoms with Gasteiger partial charge in [0.15, 0.2) is 0 Å². The predicted octanol–water partition coefficient (Wildman–Crippen LogP) is 4.36. The van der Waals surface area contributed by atoms with Crippen LogP contribution in [0.15, 0.2) is 47.8 Å². The molecule has 0 radical (unpaired) electrons. The second-order valence-electron chi connectivity index (χ2n) is 4.79. The van der Waals surface area contributed by atoms with Crippen molar-refractivity contribution in [1.82, 2.24) is 5.32 Å². The monoisotopic (exact) mass is 301 g/mol. The van der Waals surface area contributed by atoms with Gasteiger partial charge in [-0.2, -0.15) is 0 Å². The maximum Gasteiger partial charge on any atom is 0.131 e. The van der Waals surface area contributed by atoms with E-state index in [0.717, 1.165) is 21.6 Å². The van der Waals surface area contributed by atoms with E-state index in [1.54, 1.807) is 18.4 Å². The van der Waals surface area contributed by atoms with Crippen LogP contribution >= 0.6 is 11.3 Å². The Hall–Kier alpha value is -1.91. The van der Waals surface area contributed by atoms with Crippen LogP contribution in [0, 0.1) is 5.82 Å². The highest BCUT2D eigenvalue weighted by Gasteiger charge is 2.18. The van der Waals surface area contributed by atoms with E-state index in [-0.39, 0.29) is 11.9 Å². The summed E-state index contributed by atoms with van der Waals surface area (Å²) in [4.78, 5) is 1.14. The molecule has 1 N–H and O–H groups in total. The maximum atomic E-state index is 14.0. The number of hydrogen-bond donors (Lipinski definition) is 1. The number of thiophene rings is 1. The molecular formula is C17H16FNOS. The molecule has 0 saturated heterocycles. The molecule has 1 aromatic heterocycles. The van der Waals surface area contributed by atoms with E-state index in [1.807, 2.05) is 48.8 Å². The molecule has 21 heavy (non-hydrogen) atoms. The lowest BCUT2D eigenvalue weighted by Gasteiger charge is -2.17. The largest absolute Gasteiger partial charge is 0.496 e. The normalized spacial score (nSPS) is 12.5. The van der Waals surface area contributed by atoms with E-state index >= 15 is 0 Å². The minimum Gasteiger partial charge on any atom is -0.496 e. The first kappa shape index (κ1) is 14.0. The fraction of sp³-hybridized carbons (Fsp3) is 0.176.